The minimum absolute atomic E-state index is 0.194. The summed E-state index contributed by atoms with van der Waals surface area (Å²) in [6, 6.07) is 6.42. The Morgan fingerprint density at radius 3 is 2.59 bits per heavy atom. The van der Waals surface area contributed by atoms with E-state index in [9.17, 15) is 5.11 Å². The van der Waals surface area contributed by atoms with Crippen molar-refractivity contribution in [1.82, 2.24) is 0 Å². The third-order valence-electron chi connectivity index (χ3n) is 3.77. The molecule has 1 unspecified atom stereocenters. The first-order valence-electron chi connectivity index (χ1n) is 6.34. The van der Waals surface area contributed by atoms with Gasteiger partial charge in [0.05, 0.1) is 6.10 Å². The number of hydrogen-bond acceptors (Lipinski definition) is 1. The van der Waals surface area contributed by atoms with Crippen LogP contribution in [-0.2, 0) is 0 Å². The Kier molecular flexibility index (Phi) is 3.13. The van der Waals surface area contributed by atoms with Crippen molar-refractivity contribution in [2.75, 3.05) is 0 Å². The molecular formula is C16H22O. The van der Waals surface area contributed by atoms with Crippen LogP contribution in [0.1, 0.15) is 43.4 Å². The first-order chi connectivity index (χ1) is 7.89. The van der Waals surface area contributed by atoms with Crippen molar-refractivity contribution in [2.45, 2.75) is 46.6 Å². The van der Waals surface area contributed by atoms with E-state index in [2.05, 4.69) is 45.9 Å². The third kappa shape index (κ3) is 2.61. The molecule has 0 aliphatic heterocycles. The van der Waals surface area contributed by atoms with Crippen LogP contribution in [0, 0.1) is 19.3 Å². The van der Waals surface area contributed by atoms with Gasteiger partial charge in [0, 0.05) is 0 Å². The number of aliphatic hydroxyl groups is 1. The van der Waals surface area contributed by atoms with Gasteiger partial charge in [-0.2, -0.15) is 0 Å². The molecule has 2 rings (SSSR count). The Hall–Kier alpha value is -1.08. The van der Waals surface area contributed by atoms with Gasteiger partial charge in [0.15, 0.2) is 0 Å². The predicted octanol–water partition coefficient (Wildman–Crippen LogP) is 3.87. The maximum atomic E-state index is 9.96. The zero-order valence-corrected chi connectivity index (χ0v) is 11.2. The SMILES string of the molecule is Cc1cccc(C2=CC(O)CC(C)(C)C2)c1C. The standard InChI is InChI=1S/C16H22O/c1-11-6-5-7-15(12(11)2)13-8-14(17)10-16(3,4)9-13/h5-8,14,17H,9-10H2,1-4H3. The fourth-order valence-corrected chi connectivity index (χ4v) is 2.79. The second-order valence-electron chi connectivity index (χ2n) is 6.05. The third-order valence-corrected chi connectivity index (χ3v) is 3.77. The van der Waals surface area contributed by atoms with Crippen LogP contribution in [0.3, 0.4) is 0 Å². The van der Waals surface area contributed by atoms with Crippen LogP contribution in [0.15, 0.2) is 24.3 Å². The van der Waals surface area contributed by atoms with Crippen molar-refractivity contribution < 1.29 is 5.11 Å². The Labute approximate surface area is 104 Å². The summed E-state index contributed by atoms with van der Waals surface area (Å²) in [7, 11) is 0. The van der Waals surface area contributed by atoms with Crippen molar-refractivity contribution in [3.63, 3.8) is 0 Å². The normalized spacial score (nSPS) is 23.4. The van der Waals surface area contributed by atoms with Crippen molar-refractivity contribution in [2.24, 2.45) is 5.41 Å². The Morgan fingerprint density at radius 2 is 1.94 bits per heavy atom. The number of aliphatic hydroxyl groups excluding tert-OH is 1. The average Bonchev–Trinajstić information content (AvgIpc) is 2.19. The highest BCUT2D eigenvalue weighted by molar-refractivity contribution is 5.70. The summed E-state index contributed by atoms with van der Waals surface area (Å²) >= 11 is 0. The molecule has 0 spiro atoms. The maximum Gasteiger partial charge on any atom is 0.0732 e. The molecule has 1 heteroatoms. The van der Waals surface area contributed by atoms with E-state index in [1.165, 1.54) is 22.3 Å². The van der Waals surface area contributed by atoms with Crippen LogP contribution in [0.5, 0.6) is 0 Å². The molecule has 1 aromatic rings. The van der Waals surface area contributed by atoms with Crippen molar-refractivity contribution in [3.05, 3.63) is 41.0 Å². The number of aryl methyl sites for hydroxylation is 1. The fraction of sp³-hybridized carbons (Fsp3) is 0.500. The van der Waals surface area contributed by atoms with E-state index in [0.717, 1.165) is 12.8 Å². The molecule has 1 aromatic carbocycles. The molecule has 0 bridgehead atoms. The molecule has 1 nitrogen and oxygen atoms in total. The zero-order chi connectivity index (χ0) is 12.6. The minimum Gasteiger partial charge on any atom is -0.389 e. The van der Waals surface area contributed by atoms with Crippen LogP contribution in [-0.4, -0.2) is 11.2 Å². The molecule has 17 heavy (non-hydrogen) atoms. The van der Waals surface area contributed by atoms with Gasteiger partial charge in [-0.05, 0) is 54.4 Å². The van der Waals surface area contributed by atoms with Gasteiger partial charge in [0.1, 0.15) is 0 Å². The molecule has 1 aliphatic rings. The topological polar surface area (TPSA) is 20.2 Å². The summed E-state index contributed by atoms with van der Waals surface area (Å²) in [5, 5.41) is 9.96. The van der Waals surface area contributed by atoms with E-state index in [-0.39, 0.29) is 11.5 Å². The van der Waals surface area contributed by atoms with Gasteiger partial charge in [0.2, 0.25) is 0 Å². The second kappa shape index (κ2) is 4.30. The lowest BCUT2D eigenvalue weighted by molar-refractivity contribution is 0.146. The monoisotopic (exact) mass is 230 g/mol. The van der Waals surface area contributed by atoms with Crippen LogP contribution in [0.2, 0.25) is 0 Å². The summed E-state index contributed by atoms with van der Waals surface area (Å²) in [5.74, 6) is 0. The van der Waals surface area contributed by atoms with E-state index < -0.39 is 0 Å². The highest BCUT2D eigenvalue weighted by Gasteiger charge is 2.28. The molecule has 0 saturated heterocycles. The van der Waals surface area contributed by atoms with E-state index in [4.69, 9.17) is 0 Å². The van der Waals surface area contributed by atoms with E-state index in [1.807, 2.05) is 6.08 Å². The molecule has 0 fully saturated rings. The van der Waals surface area contributed by atoms with Crippen molar-refractivity contribution in [3.8, 4) is 0 Å². The van der Waals surface area contributed by atoms with Crippen molar-refractivity contribution in [1.29, 1.82) is 0 Å². The van der Waals surface area contributed by atoms with Gasteiger partial charge in [-0.15, -0.1) is 0 Å². The van der Waals surface area contributed by atoms with Gasteiger partial charge in [-0.1, -0.05) is 38.1 Å². The van der Waals surface area contributed by atoms with Gasteiger partial charge >= 0.3 is 0 Å². The minimum atomic E-state index is -0.298. The maximum absolute atomic E-state index is 9.96. The van der Waals surface area contributed by atoms with Crippen LogP contribution >= 0.6 is 0 Å². The Balaban J connectivity index is 2.43. The van der Waals surface area contributed by atoms with Crippen LogP contribution in [0.25, 0.3) is 5.57 Å². The first kappa shape index (κ1) is 12.4. The average molecular weight is 230 g/mol. The number of benzene rings is 1. The number of rotatable bonds is 1. The van der Waals surface area contributed by atoms with Gasteiger partial charge in [0.25, 0.3) is 0 Å². The van der Waals surface area contributed by atoms with E-state index in [0.29, 0.717) is 0 Å². The highest BCUT2D eigenvalue weighted by atomic mass is 16.3. The molecule has 1 aliphatic carbocycles. The lowest BCUT2D eigenvalue weighted by Gasteiger charge is -2.33. The lowest BCUT2D eigenvalue weighted by Crippen LogP contribution is -2.24. The predicted molar refractivity (Wildman–Crippen MR) is 72.9 cm³/mol. The molecule has 1 atom stereocenters. The van der Waals surface area contributed by atoms with Crippen molar-refractivity contribution >= 4 is 5.57 Å². The quantitative estimate of drug-likeness (QED) is 0.776. The summed E-state index contributed by atoms with van der Waals surface area (Å²) in [5.41, 5.74) is 5.45. The summed E-state index contributed by atoms with van der Waals surface area (Å²) in [6.45, 7) is 8.77. The van der Waals surface area contributed by atoms with E-state index >= 15 is 0 Å². The molecule has 0 aromatic heterocycles. The lowest BCUT2D eigenvalue weighted by atomic mass is 9.74. The van der Waals surface area contributed by atoms with Gasteiger partial charge < -0.3 is 5.11 Å². The number of hydrogen-bond donors (Lipinski definition) is 1. The molecule has 1 N–H and O–H groups in total. The summed E-state index contributed by atoms with van der Waals surface area (Å²) < 4.78 is 0. The van der Waals surface area contributed by atoms with Crippen LogP contribution < -0.4 is 0 Å². The molecule has 0 saturated carbocycles. The van der Waals surface area contributed by atoms with Gasteiger partial charge in [-0.25, -0.2) is 0 Å². The molecule has 0 heterocycles. The molecule has 0 radical (unpaired) electrons. The summed E-state index contributed by atoms with van der Waals surface area (Å²) in [6.07, 6.45) is 3.65. The first-order valence-corrected chi connectivity index (χ1v) is 6.34. The largest absolute Gasteiger partial charge is 0.389 e. The van der Waals surface area contributed by atoms with Crippen LogP contribution in [0.4, 0.5) is 0 Å². The fourth-order valence-electron chi connectivity index (χ4n) is 2.79. The zero-order valence-electron chi connectivity index (χ0n) is 11.2. The Morgan fingerprint density at radius 1 is 1.24 bits per heavy atom. The smallest absolute Gasteiger partial charge is 0.0732 e. The second-order valence-corrected chi connectivity index (χ2v) is 6.05. The highest BCUT2D eigenvalue weighted by Crippen LogP contribution is 2.40. The number of allylic oxidation sites excluding steroid dienone is 1. The van der Waals surface area contributed by atoms with E-state index in [1.54, 1.807) is 0 Å². The molecule has 0 amide bonds. The van der Waals surface area contributed by atoms with Gasteiger partial charge in [-0.3, -0.25) is 0 Å². The Bertz CT molecular complexity index is 455. The molecular weight excluding hydrogens is 208 g/mol. The summed E-state index contributed by atoms with van der Waals surface area (Å²) in [4.78, 5) is 0. The molecule has 92 valence electrons.